The standard InChI is InChI=1S/C15H21ClN2O.ClH/c1-10-8-11(4-5-12(10)16)14(19)18-7-6-13(17)15(2,3)9-18;/h4-5,8,13H,6-7,9,17H2,1-3H3;1H. The Hall–Kier alpha value is -0.770. The summed E-state index contributed by atoms with van der Waals surface area (Å²) in [6.07, 6.45) is 0.852. The highest BCUT2D eigenvalue weighted by Gasteiger charge is 2.35. The summed E-state index contributed by atoms with van der Waals surface area (Å²) < 4.78 is 0. The topological polar surface area (TPSA) is 46.3 Å². The number of aryl methyl sites for hydroxylation is 1. The van der Waals surface area contributed by atoms with Crippen LogP contribution in [0.25, 0.3) is 0 Å². The predicted molar refractivity (Wildman–Crippen MR) is 85.7 cm³/mol. The molecule has 0 bridgehead atoms. The lowest BCUT2D eigenvalue weighted by molar-refractivity contribution is 0.0533. The van der Waals surface area contributed by atoms with Gasteiger partial charge in [0.15, 0.2) is 0 Å². The molecule has 2 rings (SSSR count). The molecule has 2 N–H and O–H groups in total. The van der Waals surface area contributed by atoms with E-state index in [9.17, 15) is 4.79 Å². The van der Waals surface area contributed by atoms with E-state index in [0.717, 1.165) is 18.5 Å². The van der Waals surface area contributed by atoms with E-state index >= 15 is 0 Å². The Balaban J connectivity index is 0.00000200. The number of halogens is 2. The molecule has 1 heterocycles. The third-order valence-electron chi connectivity index (χ3n) is 4.00. The Morgan fingerprint density at radius 3 is 2.65 bits per heavy atom. The monoisotopic (exact) mass is 316 g/mol. The summed E-state index contributed by atoms with van der Waals surface area (Å²) in [5, 5.41) is 0.692. The number of hydrogen-bond donors (Lipinski definition) is 1. The number of carbonyl (C=O) groups excluding carboxylic acids is 1. The number of nitrogens with two attached hydrogens (primary N) is 1. The number of rotatable bonds is 1. The third kappa shape index (κ3) is 3.46. The summed E-state index contributed by atoms with van der Waals surface area (Å²) in [4.78, 5) is 14.4. The Morgan fingerprint density at radius 2 is 2.10 bits per heavy atom. The van der Waals surface area contributed by atoms with Crippen LogP contribution in [0.5, 0.6) is 0 Å². The molecule has 1 aromatic carbocycles. The van der Waals surface area contributed by atoms with Gasteiger partial charge in [0.05, 0.1) is 0 Å². The second-order valence-corrected chi connectivity index (χ2v) is 6.48. The van der Waals surface area contributed by atoms with Crippen LogP contribution in [-0.4, -0.2) is 29.9 Å². The number of amides is 1. The van der Waals surface area contributed by atoms with Crippen LogP contribution in [0.15, 0.2) is 18.2 Å². The van der Waals surface area contributed by atoms with Crippen molar-refractivity contribution in [2.75, 3.05) is 13.1 Å². The van der Waals surface area contributed by atoms with Crippen molar-refractivity contribution in [3.63, 3.8) is 0 Å². The van der Waals surface area contributed by atoms with Crippen LogP contribution in [0.3, 0.4) is 0 Å². The number of nitrogens with zero attached hydrogens (tertiary/aromatic N) is 1. The number of benzene rings is 1. The van der Waals surface area contributed by atoms with Crippen molar-refractivity contribution in [3.8, 4) is 0 Å². The van der Waals surface area contributed by atoms with Crippen molar-refractivity contribution >= 4 is 29.9 Å². The largest absolute Gasteiger partial charge is 0.338 e. The summed E-state index contributed by atoms with van der Waals surface area (Å²) >= 11 is 5.99. The average Bonchev–Trinajstić information content (AvgIpc) is 2.35. The van der Waals surface area contributed by atoms with Gasteiger partial charge in [-0.3, -0.25) is 4.79 Å². The van der Waals surface area contributed by atoms with Crippen LogP contribution in [-0.2, 0) is 0 Å². The fourth-order valence-corrected chi connectivity index (χ4v) is 2.63. The molecule has 0 aromatic heterocycles. The maximum absolute atomic E-state index is 12.5. The van der Waals surface area contributed by atoms with Crippen molar-refractivity contribution in [2.45, 2.75) is 33.2 Å². The summed E-state index contributed by atoms with van der Waals surface area (Å²) in [6.45, 7) is 7.57. The van der Waals surface area contributed by atoms with Gasteiger partial charge in [-0.05, 0) is 42.5 Å². The highest BCUT2D eigenvalue weighted by molar-refractivity contribution is 6.31. The molecular formula is C15H22Cl2N2O. The van der Waals surface area contributed by atoms with Crippen LogP contribution in [0.1, 0.15) is 36.2 Å². The fraction of sp³-hybridized carbons (Fsp3) is 0.533. The van der Waals surface area contributed by atoms with E-state index < -0.39 is 0 Å². The van der Waals surface area contributed by atoms with E-state index in [4.69, 9.17) is 17.3 Å². The molecular weight excluding hydrogens is 295 g/mol. The van der Waals surface area contributed by atoms with Gasteiger partial charge in [-0.2, -0.15) is 0 Å². The van der Waals surface area contributed by atoms with E-state index in [0.29, 0.717) is 17.1 Å². The molecule has 1 saturated heterocycles. The molecule has 1 aliphatic rings. The van der Waals surface area contributed by atoms with Gasteiger partial charge in [-0.15, -0.1) is 12.4 Å². The first-order valence-corrected chi connectivity index (χ1v) is 7.00. The zero-order chi connectivity index (χ0) is 14.2. The Morgan fingerprint density at radius 1 is 1.45 bits per heavy atom. The molecule has 0 spiro atoms. The number of likely N-dealkylation sites (tertiary alicyclic amines) is 1. The number of hydrogen-bond acceptors (Lipinski definition) is 2. The quantitative estimate of drug-likeness (QED) is 0.864. The second kappa shape index (κ2) is 6.33. The zero-order valence-electron chi connectivity index (χ0n) is 12.1. The van der Waals surface area contributed by atoms with E-state index in [1.54, 1.807) is 12.1 Å². The molecule has 0 aliphatic carbocycles. The van der Waals surface area contributed by atoms with Gasteiger partial charge in [0.2, 0.25) is 0 Å². The van der Waals surface area contributed by atoms with Crippen LogP contribution in [0, 0.1) is 12.3 Å². The lowest BCUT2D eigenvalue weighted by atomic mass is 9.79. The second-order valence-electron chi connectivity index (χ2n) is 6.07. The van der Waals surface area contributed by atoms with Crippen LogP contribution in [0.2, 0.25) is 5.02 Å². The fourth-order valence-electron chi connectivity index (χ4n) is 2.51. The highest BCUT2D eigenvalue weighted by atomic mass is 35.5. The van der Waals surface area contributed by atoms with E-state index in [1.165, 1.54) is 0 Å². The number of carbonyl (C=O) groups is 1. The van der Waals surface area contributed by atoms with Gasteiger partial charge >= 0.3 is 0 Å². The van der Waals surface area contributed by atoms with E-state index in [2.05, 4.69) is 13.8 Å². The SMILES string of the molecule is Cc1cc(C(=O)N2CCC(N)C(C)(C)C2)ccc1Cl.Cl. The van der Waals surface area contributed by atoms with E-state index in [1.807, 2.05) is 17.9 Å². The molecule has 3 nitrogen and oxygen atoms in total. The third-order valence-corrected chi connectivity index (χ3v) is 4.43. The van der Waals surface area contributed by atoms with Crippen molar-refractivity contribution < 1.29 is 4.79 Å². The van der Waals surface area contributed by atoms with Crippen molar-refractivity contribution in [1.82, 2.24) is 4.90 Å². The molecule has 1 amide bonds. The van der Waals surface area contributed by atoms with Gasteiger partial charge < -0.3 is 10.6 Å². The molecule has 112 valence electrons. The Bertz CT molecular complexity index is 503. The average molecular weight is 317 g/mol. The maximum atomic E-state index is 12.5. The van der Waals surface area contributed by atoms with Crippen LogP contribution < -0.4 is 5.73 Å². The molecule has 1 aliphatic heterocycles. The molecule has 1 atom stereocenters. The lowest BCUT2D eigenvalue weighted by Crippen LogP contribution is -2.54. The van der Waals surface area contributed by atoms with Crippen LogP contribution >= 0.6 is 24.0 Å². The maximum Gasteiger partial charge on any atom is 0.253 e. The van der Waals surface area contributed by atoms with Gasteiger partial charge in [-0.25, -0.2) is 0 Å². The number of piperidine rings is 1. The van der Waals surface area contributed by atoms with Gasteiger partial charge in [0.1, 0.15) is 0 Å². The normalized spacial score (nSPS) is 21.2. The van der Waals surface area contributed by atoms with Gasteiger partial charge in [-0.1, -0.05) is 25.4 Å². The Kier molecular flexibility index (Phi) is 5.47. The summed E-state index contributed by atoms with van der Waals surface area (Å²) in [6, 6.07) is 5.58. The van der Waals surface area contributed by atoms with Crippen LogP contribution in [0.4, 0.5) is 0 Å². The molecule has 1 fully saturated rings. The smallest absolute Gasteiger partial charge is 0.253 e. The molecule has 1 unspecified atom stereocenters. The highest BCUT2D eigenvalue weighted by Crippen LogP contribution is 2.29. The molecule has 0 saturated carbocycles. The summed E-state index contributed by atoms with van der Waals surface area (Å²) in [7, 11) is 0. The van der Waals surface area contributed by atoms with Crippen molar-refractivity contribution in [2.24, 2.45) is 11.1 Å². The Labute approximate surface area is 131 Å². The first-order chi connectivity index (χ1) is 8.81. The minimum absolute atomic E-state index is 0. The first-order valence-electron chi connectivity index (χ1n) is 6.62. The van der Waals surface area contributed by atoms with Gasteiger partial charge in [0, 0.05) is 29.7 Å². The molecule has 5 heteroatoms. The summed E-state index contributed by atoms with van der Waals surface area (Å²) in [5.41, 5.74) is 7.70. The van der Waals surface area contributed by atoms with Gasteiger partial charge in [0.25, 0.3) is 5.91 Å². The van der Waals surface area contributed by atoms with E-state index in [-0.39, 0.29) is 29.8 Å². The van der Waals surface area contributed by atoms with Crippen molar-refractivity contribution in [1.29, 1.82) is 0 Å². The van der Waals surface area contributed by atoms with Crippen molar-refractivity contribution in [3.05, 3.63) is 34.3 Å². The lowest BCUT2D eigenvalue weighted by Gasteiger charge is -2.42. The predicted octanol–water partition coefficient (Wildman–Crippen LogP) is 3.27. The zero-order valence-corrected chi connectivity index (χ0v) is 13.7. The summed E-state index contributed by atoms with van der Waals surface area (Å²) in [5.74, 6) is 0.0692. The minimum atomic E-state index is -0.0324. The molecule has 20 heavy (non-hydrogen) atoms. The first kappa shape index (κ1) is 17.3. The molecule has 0 radical (unpaired) electrons. The minimum Gasteiger partial charge on any atom is -0.338 e. The molecule has 1 aromatic rings.